The predicted octanol–water partition coefficient (Wildman–Crippen LogP) is 1.87. The molecule has 4 aliphatic carbocycles. The number of aromatic hydroxyl groups is 1. The summed E-state index contributed by atoms with van der Waals surface area (Å²) >= 11 is 0. The standard InChI is InChI=1S/C27H31NO7/c1-11(2)18-16-10-13-9-15-14(12-5-3-4-6-12)7-8-17(29)20(15)23(31)19(13)24(32)27(16,35)25(33)21(22(18)30)26(28)34/h7-8,11-13,16,18-19,21,29,35H,3-6,9-10H2,1-2H3,(H2,28,34)/t13-,16-,18-,19?,21?,27-/m0/s1. The van der Waals surface area contributed by atoms with E-state index < -0.39 is 64.2 Å². The number of Topliss-reactive ketones (excluding diaryl/α,β-unsaturated/α-hetero) is 4. The Hall–Kier alpha value is -2.87. The molecule has 1 aromatic carbocycles. The van der Waals surface area contributed by atoms with E-state index in [-0.39, 0.29) is 29.6 Å². The van der Waals surface area contributed by atoms with Gasteiger partial charge in [-0.15, -0.1) is 0 Å². The maximum absolute atomic E-state index is 13.8. The van der Waals surface area contributed by atoms with E-state index in [9.17, 15) is 34.2 Å². The fraction of sp³-hybridized carbons (Fsp3) is 0.593. The molecule has 5 rings (SSSR count). The van der Waals surface area contributed by atoms with Gasteiger partial charge < -0.3 is 15.9 Å². The molecule has 8 heteroatoms. The highest BCUT2D eigenvalue weighted by atomic mass is 16.3. The van der Waals surface area contributed by atoms with Gasteiger partial charge >= 0.3 is 0 Å². The fourth-order valence-electron chi connectivity index (χ4n) is 7.50. The summed E-state index contributed by atoms with van der Waals surface area (Å²) in [5.41, 5.74) is 4.56. The molecule has 1 amide bonds. The average molecular weight is 482 g/mol. The van der Waals surface area contributed by atoms with Gasteiger partial charge in [-0.25, -0.2) is 0 Å². The Bertz CT molecular complexity index is 1160. The number of phenols is 1. The lowest BCUT2D eigenvalue weighted by Gasteiger charge is -2.52. The van der Waals surface area contributed by atoms with E-state index in [1.165, 1.54) is 6.07 Å². The van der Waals surface area contributed by atoms with Gasteiger partial charge in [0.1, 0.15) is 5.75 Å². The van der Waals surface area contributed by atoms with Gasteiger partial charge in [0, 0.05) is 11.8 Å². The SMILES string of the molecule is CC(C)[C@@H]1C(=O)C(C(N)=O)C(=O)[C@@]2(O)C(=O)C3C(=O)c4c(O)ccc(C5CCCC5)c4C[C@H]3C[C@@H]12. The second kappa shape index (κ2) is 8.08. The van der Waals surface area contributed by atoms with Crippen LogP contribution in [0.3, 0.4) is 0 Å². The molecule has 186 valence electrons. The molecule has 8 nitrogen and oxygen atoms in total. The normalized spacial score (nSPS) is 35.1. The van der Waals surface area contributed by atoms with Crippen LogP contribution in [0.25, 0.3) is 0 Å². The third kappa shape index (κ3) is 3.18. The molecule has 4 aliphatic rings. The molecule has 0 spiro atoms. The number of nitrogens with two attached hydrogens (primary N) is 1. The van der Waals surface area contributed by atoms with Gasteiger partial charge in [0.15, 0.2) is 34.7 Å². The van der Waals surface area contributed by atoms with Crippen molar-refractivity contribution in [1.82, 2.24) is 0 Å². The highest BCUT2D eigenvalue weighted by molar-refractivity contribution is 6.31. The van der Waals surface area contributed by atoms with E-state index >= 15 is 0 Å². The molecule has 6 atom stereocenters. The number of benzene rings is 1. The summed E-state index contributed by atoms with van der Waals surface area (Å²) in [5.74, 6) is -10.7. The second-order valence-corrected chi connectivity index (χ2v) is 11.2. The van der Waals surface area contributed by atoms with Crippen LogP contribution in [0.5, 0.6) is 5.75 Å². The van der Waals surface area contributed by atoms with Crippen LogP contribution < -0.4 is 5.73 Å². The van der Waals surface area contributed by atoms with Crippen LogP contribution in [-0.2, 0) is 25.6 Å². The minimum absolute atomic E-state index is 0.0947. The maximum Gasteiger partial charge on any atom is 0.235 e. The number of carbonyl (C=O) groups excluding carboxylic acids is 5. The fourth-order valence-corrected chi connectivity index (χ4v) is 7.50. The molecule has 35 heavy (non-hydrogen) atoms. The summed E-state index contributed by atoms with van der Waals surface area (Å²) < 4.78 is 0. The average Bonchev–Trinajstić information content (AvgIpc) is 3.30. The van der Waals surface area contributed by atoms with Crippen molar-refractivity contribution in [3.8, 4) is 5.75 Å². The molecule has 4 N–H and O–H groups in total. The van der Waals surface area contributed by atoms with Crippen molar-refractivity contribution in [1.29, 1.82) is 0 Å². The first-order valence-corrected chi connectivity index (χ1v) is 12.5. The minimum Gasteiger partial charge on any atom is -0.507 e. The zero-order valence-electron chi connectivity index (χ0n) is 20.0. The van der Waals surface area contributed by atoms with Crippen molar-refractivity contribution in [3.63, 3.8) is 0 Å². The minimum atomic E-state index is -2.64. The zero-order chi connectivity index (χ0) is 25.4. The number of carbonyl (C=O) groups is 5. The number of hydrogen-bond donors (Lipinski definition) is 3. The Kier molecular flexibility index (Phi) is 5.51. The van der Waals surface area contributed by atoms with Crippen molar-refractivity contribution in [2.24, 2.45) is 41.2 Å². The number of ketones is 4. The molecule has 0 aliphatic heterocycles. The Morgan fingerprint density at radius 2 is 1.74 bits per heavy atom. The molecule has 3 saturated carbocycles. The Balaban J connectivity index is 1.63. The van der Waals surface area contributed by atoms with Crippen LogP contribution in [0.2, 0.25) is 0 Å². The number of amides is 1. The molecule has 0 saturated heterocycles. The molecule has 0 heterocycles. The number of aliphatic hydroxyl groups is 1. The molecule has 0 bridgehead atoms. The third-order valence-electron chi connectivity index (χ3n) is 9.03. The van der Waals surface area contributed by atoms with Crippen molar-refractivity contribution in [3.05, 3.63) is 28.8 Å². The molecular formula is C27H31NO7. The van der Waals surface area contributed by atoms with Gasteiger partial charge in [0.05, 0.1) is 11.5 Å². The number of fused-ring (bicyclic) bond motifs is 3. The van der Waals surface area contributed by atoms with Crippen LogP contribution in [0.15, 0.2) is 12.1 Å². The summed E-state index contributed by atoms with van der Waals surface area (Å²) in [6.07, 6.45) is 4.63. The summed E-state index contributed by atoms with van der Waals surface area (Å²) in [7, 11) is 0. The van der Waals surface area contributed by atoms with Crippen molar-refractivity contribution < 1.29 is 34.2 Å². The lowest BCUT2D eigenvalue weighted by atomic mass is 9.49. The van der Waals surface area contributed by atoms with Gasteiger partial charge in [-0.1, -0.05) is 32.8 Å². The van der Waals surface area contributed by atoms with Gasteiger partial charge in [-0.2, -0.15) is 0 Å². The van der Waals surface area contributed by atoms with Crippen LogP contribution in [-0.4, -0.2) is 44.9 Å². The van der Waals surface area contributed by atoms with Crippen LogP contribution in [0.1, 0.15) is 73.4 Å². The van der Waals surface area contributed by atoms with E-state index in [1.807, 2.05) is 6.07 Å². The predicted molar refractivity (Wildman–Crippen MR) is 123 cm³/mol. The van der Waals surface area contributed by atoms with Gasteiger partial charge in [-0.3, -0.25) is 24.0 Å². The number of hydrogen-bond acceptors (Lipinski definition) is 7. The summed E-state index contributed by atoms with van der Waals surface area (Å²) in [6.45, 7) is 3.48. The van der Waals surface area contributed by atoms with Gasteiger partial charge in [0.2, 0.25) is 5.91 Å². The Morgan fingerprint density at radius 1 is 1.09 bits per heavy atom. The molecule has 2 unspecified atom stereocenters. The first kappa shape index (κ1) is 23.9. The number of rotatable bonds is 3. The summed E-state index contributed by atoms with van der Waals surface area (Å²) in [6, 6.07) is 3.35. The lowest BCUT2D eigenvalue weighted by molar-refractivity contribution is -0.182. The molecular weight excluding hydrogens is 450 g/mol. The first-order chi connectivity index (χ1) is 16.5. The molecule has 0 radical (unpaired) electrons. The highest BCUT2D eigenvalue weighted by Gasteiger charge is 2.69. The van der Waals surface area contributed by atoms with E-state index in [2.05, 4.69) is 0 Å². The smallest absolute Gasteiger partial charge is 0.235 e. The highest BCUT2D eigenvalue weighted by Crippen LogP contribution is 2.54. The maximum atomic E-state index is 13.8. The van der Waals surface area contributed by atoms with Crippen LogP contribution in [0, 0.1) is 35.5 Å². The second-order valence-electron chi connectivity index (χ2n) is 11.2. The first-order valence-electron chi connectivity index (χ1n) is 12.5. The topological polar surface area (TPSA) is 152 Å². The largest absolute Gasteiger partial charge is 0.507 e. The van der Waals surface area contributed by atoms with Gasteiger partial charge in [-0.05, 0) is 60.6 Å². The monoisotopic (exact) mass is 481 g/mol. The zero-order valence-corrected chi connectivity index (χ0v) is 20.0. The van der Waals surface area contributed by atoms with Crippen LogP contribution in [0.4, 0.5) is 0 Å². The van der Waals surface area contributed by atoms with E-state index in [0.29, 0.717) is 6.42 Å². The van der Waals surface area contributed by atoms with Gasteiger partial charge in [0.25, 0.3) is 0 Å². The van der Waals surface area contributed by atoms with Crippen LogP contribution >= 0.6 is 0 Å². The lowest BCUT2D eigenvalue weighted by Crippen LogP contribution is -2.71. The third-order valence-corrected chi connectivity index (χ3v) is 9.03. The van der Waals surface area contributed by atoms with Crippen molar-refractivity contribution in [2.75, 3.05) is 0 Å². The molecule has 0 aromatic heterocycles. The van der Waals surface area contributed by atoms with E-state index in [1.54, 1.807) is 13.8 Å². The molecule has 3 fully saturated rings. The van der Waals surface area contributed by atoms with E-state index in [4.69, 9.17) is 5.73 Å². The number of primary amides is 1. The quantitative estimate of drug-likeness (QED) is 0.557. The number of phenolic OH excluding ortho intramolecular Hbond substituents is 1. The molecule has 1 aromatic rings. The Morgan fingerprint density at radius 3 is 2.34 bits per heavy atom. The van der Waals surface area contributed by atoms with E-state index in [0.717, 1.165) is 36.8 Å². The van der Waals surface area contributed by atoms with Crippen molar-refractivity contribution in [2.45, 2.75) is 63.9 Å². The Labute approximate surface area is 203 Å². The summed E-state index contributed by atoms with van der Waals surface area (Å²) in [5, 5.41) is 22.2. The van der Waals surface area contributed by atoms with Crippen molar-refractivity contribution >= 4 is 29.0 Å². The summed E-state index contributed by atoms with van der Waals surface area (Å²) in [4.78, 5) is 66.0.